The van der Waals surface area contributed by atoms with Crippen LogP contribution in [0.2, 0.25) is 0 Å². The molecule has 0 aromatic heterocycles. The van der Waals surface area contributed by atoms with Gasteiger partial charge in [-0.15, -0.1) is 0 Å². The molecule has 0 bridgehead atoms. The van der Waals surface area contributed by atoms with Gasteiger partial charge in [0.1, 0.15) is 18.5 Å². The van der Waals surface area contributed by atoms with E-state index in [-0.39, 0.29) is 30.2 Å². The van der Waals surface area contributed by atoms with Gasteiger partial charge in [0.25, 0.3) is 11.6 Å². The molecule has 0 radical (unpaired) electrons. The molecule has 1 N–H and O–H groups in total. The van der Waals surface area contributed by atoms with Crippen molar-refractivity contribution in [3.8, 4) is 5.75 Å². The second-order valence-electron chi connectivity index (χ2n) is 7.73. The number of aliphatic hydroxyl groups excluding tert-OH is 1. The molecule has 0 fully saturated rings. The molecular formula is C21H26N2O5. The van der Waals surface area contributed by atoms with E-state index in [0.29, 0.717) is 11.3 Å². The predicted molar refractivity (Wildman–Crippen MR) is 107 cm³/mol. The van der Waals surface area contributed by atoms with Crippen molar-refractivity contribution in [1.29, 1.82) is 0 Å². The number of hydrogen-bond donors (Lipinski definition) is 1. The molecule has 2 aromatic carbocycles. The van der Waals surface area contributed by atoms with Crippen molar-refractivity contribution in [1.82, 2.24) is 4.90 Å². The van der Waals surface area contributed by atoms with E-state index in [4.69, 9.17) is 4.74 Å². The summed E-state index contributed by atoms with van der Waals surface area (Å²) in [5, 5.41) is 20.9. The largest absolute Gasteiger partial charge is 0.491 e. The van der Waals surface area contributed by atoms with E-state index >= 15 is 0 Å². The minimum Gasteiger partial charge on any atom is -0.491 e. The van der Waals surface area contributed by atoms with Crippen LogP contribution >= 0.6 is 0 Å². The Balaban J connectivity index is 1.87. The smallest absolute Gasteiger partial charge is 0.269 e. The highest BCUT2D eigenvalue weighted by Gasteiger charge is 2.17. The SMILES string of the molecule is CN(C[C@H](O)COc1ccc(C(C)(C)C)cc1)C(=O)c1ccc([N+](=O)[O-])cc1. The number of hydrogen-bond acceptors (Lipinski definition) is 5. The highest BCUT2D eigenvalue weighted by molar-refractivity contribution is 5.94. The van der Waals surface area contributed by atoms with Crippen LogP contribution < -0.4 is 4.74 Å². The average Bonchev–Trinajstić information content (AvgIpc) is 2.65. The van der Waals surface area contributed by atoms with E-state index in [9.17, 15) is 20.0 Å². The van der Waals surface area contributed by atoms with Crippen LogP contribution in [-0.4, -0.2) is 47.1 Å². The number of non-ortho nitro benzene ring substituents is 1. The van der Waals surface area contributed by atoms with Gasteiger partial charge in [-0.25, -0.2) is 0 Å². The molecule has 2 aromatic rings. The van der Waals surface area contributed by atoms with Crippen molar-refractivity contribution in [2.45, 2.75) is 32.3 Å². The van der Waals surface area contributed by atoms with Gasteiger partial charge in [0.2, 0.25) is 0 Å². The lowest BCUT2D eigenvalue weighted by molar-refractivity contribution is -0.384. The molecule has 0 saturated heterocycles. The second kappa shape index (κ2) is 8.84. The first-order valence-electron chi connectivity index (χ1n) is 8.99. The molecular weight excluding hydrogens is 360 g/mol. The molecule has 0 heterocycles. The Morgan fingerprint density at radius 2 is 1.71 bits per heavy atom. The fraction of sp³-hybridized carbons (Fsp3) is 0.381. The molecule has 0 unspecified atom stereocenters. The maximum atomic E-state index is 12.4. The van der Waals surface area contributed by atoms with Crippen molar-refractivity contribution in [2.24, 2.45) is 0 Å². The molecule has 0 spiro atoms. The zero-order valence-corrected chi connectivity index (χ0v) is 16.6. The summed E-state index contributed by atoms with van der Waals surface area (Å²) >= 11 is 0. The maximum Gasteiger partial charge on any atom is 0.269 e. The zero-order valence-electron chi connectivity index (χ0n) is 16.6. The molecule has 0 aliphatic rings. The summed E-state index contributed by atoms with van der Waals surface area (Å²) in [5.74, 6) is 0.319. The Kier molecular flexibility index (Phi) is 6.75. The summed E-state index contributed by atoms with van der Waals surface area (Å²) in [5.41, 5.74) is 1.48. The van der Waals surface area contributed by atoms with E-state index in [2.05, 4.69) is 20.8 Å². The highest BCUT2D eigenvalue weighted by Crippen LogP contribution is 2.24. The maximum absolute atomic E-state index is 12.4. The number of carbonyl (C=O) groups is 1. The van der Waals surface area contributed by atoms with Crippen LogP contribution in [0.25, 0.3) is 0 Å². The van der Waals surface area contributed by atoms with Crippen molar-refractivity contribution in [3.05, 3.63) is 69.8 Å². The van der Waals surface area contributed by atoms with Crippen molar-refractivity contribution < 1.29 is 19.6 Å². The number of likely N-dealkylation sites (N-methyl/N-ethyl adjacent to an activating group) is 1. The lowest BCUT2D eigenvalue weighted by atomic mass is 9.87. The molecule has 1 atom stereocenters. The van der Waals surface area contributed by atoms with E-state index in [1.165, 1.54) is 34.7 Å². The van der Waals surface area contributed by atoms with Gasteiger partial charge in [-0.2, -0.15) is 0 Å². The van der Waals surface area contributed by atoms with Crippen molar-refractivity contribution in [3.63, 3.8) is 0 Å². The van der Waals surface area contributed by atoms with Gasteiger partial charge in [-0.05, 0) is 35.2 Å². The van der Waals surface area contributed by atoms with Gasteiger partial charge < -0.3 is 14.7 Å². The molecule has 28 heavy (non-hydrogen) atoms. The van der Waals surface area contributed by atoms with Crippen molar-refractivity contribution >= 4 is 11.6 Å². The molecule has 1 amide bonds. The molecule has 0 aliphatic carbocycles. The molecule has 0 aliphatic heterocycles. The summed E-state index contributed by atoms with van der Waals surface area (Å²) in [6.07, 6.45) is -0.866. The topological polar surface area (TPSA) is 92.9 Å². The number of amides is 1. The lowest BCUT2D eigenvalue weighted by Crippen LogP contribution is -2.37. The Hall–Kier alpha value is -2.93. The highest BCUT2D eigenvalue weighted by atomic mass is 16.6. The minimum absolute atomic E-state index is 0.0484. The number of aliphatic hydroxyl groups is 1. The number of carbonyl (C=O) groups excluding carboxylic acids is 1. The van der Waals surface area contributed by atoms with E-state index in [0.717, 1.165) is 0 Å². The third kappa shape index (κ3) is 5.79. The van der Waals surface area contributed by atoms with Crippen LogP contribution in [0.1, 0.15) is 36.7 Å². The van der Waals surface area contributed by atoms with Crippen LogP contribution in [0.5, 0.6) is 5.75 Å². The van der Waals surface area contributed by atoms with Gasteiger partial charge in [-0.1, -0.05) is 32.9 Å². The first-order valence-corrected chi connectivity index (χ1v) is 8.99. The normalized spacial score (nSPS) is 12.3. The van der Waals surface area contributed by atoms with Gasteiger partial charge in [0.05, 0.1) is 4.92 Å². The molecule has 7 heteroatoms. The first-order chi connectivity index (χ1) is 13.1. The summed E-state index contributed by atoms with van der Waals surface area (Å²) in [6, 6.07) is 13.1. The summed E-state index contributed by atoms with van der Waals surface area (Å²) < 4.78 is 5.60. The molecule has 0 saturated carbocycles. The Morgan fingerprint density at radius 1 is 1.14 bits per heavy atom. The Morgan fingerprint density at radius 3 is 2.21 bits per heavy atom. The summed E-state index contributed by atoms with van der Waals surface area (Å²) in [6.45, 7) is 6.52. The van der Waals surface area contributed by atoms with E-state index in [1.54, 1.807) is 7.05 Å². The van der Waals surface area contributed by atoms with Gasteiger partial charge in [0.15, 0.2) is 0 Å². The monoisotopic (exact) mass is 386 g/mol. The van der Waals surface area contributed by atoms with Crippen molar-refractivity contribution in [2.75, 3.05) is 20.2 Å². The lowest BCUT2D eigenvalue weighted by Gasteiger charge is -2.22. The second-order valence-corrected chi connectivity index (χ2v) is 7.73. The zero-order chi connectivity index (χ0) is 20.9. The fourth-order valence-electron chi connectivity index (χ4n) is 2.64. The number of nitro groups is 1. The van der Waals surface area contributed by atoms with E-state index < -0.39 is 11.0 Å². The van der Waals surface area contributed by atoms with Crippen LogP contribution in [0, 0.1) is 10.1 Å². The average molecular weight is 386 g/mol. The predicted octanol–water partition coefficient (Wildman–Crippen LogP) is 3.40. The number of nitro benzene ring substituents is 1. The van der Waals surface area contributed by atoms with Crippen LogP contribution in [0.15, 0.2) is 48.5 Å². The fourth-order valence-corrected chi connectivity index (χ4v) is 2.64. The third-order valence-electron chi connectivity index (χ3n) is 4.32. The third-order valence-corrected chi connectivity index (χ3v) is 4.32. The molecule has 7 nitrogen and oxygen atoms in total. The number of ether oxygens (including phenoxy) is 1. The molecule has 150 valence electrons. The Labute approximate surface area is 164 Å². The van der Waals surface area contributed by atoms with Gasteiger partial charge >= 0.3 is 0 Å². The summed E-state index contributed by atoms with van der Waals surface area (Å²) in [7, 11) is 1.56. The van der Waals surface area contributed by atoms with Crippen LogP contribution in [0.4, 0.5) is 5.69 Å². The Bertz CT molecular complexity index is 810. The van der Waals surface area contributed by atoms with Crippen LogP contribution in [0.3, 0.4) is 0 Å². The van der Waals surface area contributed by atoms with E-state index in [1.807, 2.05) is 24.3 Å². The van der Waals surface area contributed by atoms with Crippen LogP contribution in [-0.2, 0) is 5.41 Å². The first kappa shape index (κ1) is 21.4. The van der Waals surface area contributed by atoms with Gasteiger partial charge in [0, 0.05) is 31.3 Å². The number of rotatable bonds is 7. The standard InChI is InChI=1S/C21H26N2O5/c1-21(2,3)16-7-11-19(12-8-16)28-14-18(24)13-22(4)20(25)15-5-9-17(10-6-15)23(26)27/h5-12,18,24H,13-14H2,1-4H3/t18-/m0/s1. The molecule has 2 rings (SSSR count). The quantitative estimate of drug-likeness (QED) is 0.581. The number of benzene rings is 2. The van der Waals surface area contributed by atoms with Gasteiger partial charge in [-0.3, -0.25) is 14.9 Å². The summed E-state index contributed by atoms with van der Waals surface area (Å²) in [4.78, 5) is 23.9. The minimum atomic E-state index is -0.866. The number of nitrogens with zero attached hydrogens (tertiary/aromatic N) is 2.